The molecule has 9 nitrogen and oxygen atoms in total. The number of sulfone groups is 1. The van der Waals surface area contributed by atoms with E-state index in [0.717, 1.165) is 6.26 Å². The molecule has 0 aliphatic rings. The molecule has 0 saturated carbocycles. The summed E-state index contributed by atoms with van der Waals surface area (Å²) in [6.07, 6.45) is 1.13. The number of non-ortho nitro benzene ring substituents is 1. The zero-order valence-corrected chi connectivity index (χ0v) is 19.5. The molecule has 0 aliphatic heterocycles. The van der Waals surface area contributed by atoms with Crippen LogP contribution in [0.1, 0.15) is 10.4 Å². The molecule has 0 saturated heterocycles. The Morgan fingerprint density at radius 2 is 1.87 bits per heavy atom. The van der Waals surface area contributed by atoms with Crippen molar-refractivity contribution in [2.45, 2.75) is 4.90 Å². The molecule has 0 bridgehead atoms. The van der Waals surface area contributed by atoms with E-state index in [2.05, 4.69) is 4.98 Å². The highest BCUT2D eigenvalue weighted by molar-refractivity contribution is 7.90. The van der Waals surface area contributed by atoms with E-state index in [1.165, 1.54) is 52.6 Å². The quantitative estimate of drug-likeness (QED) is 0.373. The lowest BCUT2D eigenvalue weighted by Crippen LogP contribution is -2.36. The number of nitro groups is 1. The number of nitrogens with zero attached hydrogens (tertiary/aromatic N) is 4. The van der Waals surface area contributed by atoms with Crippen molar-refractivity contribution in [2.24, 2.45) is 0 Å². The number of aromatic nitrogens is 1. The fourth-order valence-corrected chi connectivity index (χ4v) is 4.48. The lowest BCUT2D eigenvalue weighted by Gasteiger charge is -2.22. The predicted molar refractivity (Wildman–Crippen MR) is 123 cm³/mol. The number of anilines is 1. The number of fused-ring (bicyclic) bond motifs is 1. The summed E-state index contributed by atoms with van der Waals surface area (Å²) >= 11 is 1.20. The van der Waals surface area contributed by atoms with Gasteiger partial charge < -0.3 is 4.90 Å². The monoisotopic (exact) mass is 484 g/mol. The molecule has 0 atom stereocenters. The van der Waals surface area contributed by atoms with Crippen molar-refractivity contribution in [3.8, 4) is 0 Å². The molecular formula is C19H21ClN4O5S2. The van der Waals surface area contributed by atoms with Crippen molar-refractivity contribution in [3.63, 3.8) is 0 Å². The molecule has 0 fully saturated rings. The molecule has 1 heterocycles. The van der Waals surface area contributed by atoms with E-state index in [9.17, 15) is 23.3 Å². The minimum absolute atomic E-state index is 0. The number of hydrogen-bond donors (Lipinski definition) is 0. The van der Waals surface area contributed by atoms with Gasteiger partial charge in [-0.25, -0.2) is 13.4 Å². The summed E-state index contributed by atoms with van der Waals surface area (Å²) in [5.41, 5.74) is 0.582. The number of thiazole rings is 1. The third-order valence-electron chi connectivity index (χ3n) is 4.33. The number of carbonyl (C=O) groups excluding carboxylic acids is 1. The van der Waals surface area contributed by atoms with Gasteiger partial charge in [-0.1, -0.05) is 17.4 Å². The fourth-order valence-electron chi connectivity index (χ4n) is 2.73. The first-order valence-corrected chi connectivity index (χ1v) is 11.6. The van der Waals surface area contributed by atoms with Crippen molar-refractivity contribution in [1.29, 1.82) is 0 Å². The van der Waals surface area contributed by atoms with Gasteiger partial charge in [0.15, 0.2) is 15.0 Å². The Morgan fingerprint density at radius 3 is 2.48 bits per heavy atom. The molecular weight excluding hydrogens is 464 g/mol. The molecule has 0 N–H and O–H groups in total. The molecule has 0 spiro atoms. The molecule has 3 rings (SSSR count). The molecule has 31 heavy (non-hydrogen) atoms. The van der Waals surface area contributed by atoms with Crippen LogP contribution < -0.4 is 4.90 Å². The Labute approximate surface area is 189 Å². The van der Waals surface area contributed by atoms with Crippen LogP contribution in [0, 0.1) is 10.1 Å². The van der Waals surface area contributed by atoms with Gasteiger partial charge in [-0.05, 0) is 38.4 Å². The van der Waals surface area contributed by atoms with Crippen LogP contribution in [0.25, 0.3) is 10.2 Å². The van der Waals surface area contributed by atoms with Gasteiger partial charge in [0.05, 0.1) is 20.0 Å². The van der Waals surface area contributed by atoms with Crippen LogP contribution in [0.5, 0.6) is 0 Å². The number of halogens is 1. The average Bonchev–Trinajstić information content (AvgIpc) is 3.10. The molecule has 2 aromatic carbocycles. The summed E-state index contributed by atoms with van der Waals surface area (Å²) in [4.78, 5) is 31.8. The van der Waals surface area contributed by atoms with Crippen molar-refractivity contribution in [1.82, 2.24) is 9.88 Å². The molecule has 3 aromatic rings. The van der Waals surface area contributed by atoms with Crippen LogP contribution in [0.4, 0.5) is 10.8 Å². The van der Waals surface area contributed by atoms with Crippen LogP contribution in [0.3, 0.4) is 0 Å². The summed E-state index contributed by atoms with van der Waals surface area (Å²) in [5, 5.41) is 11.5. The van der Waals surface area contributed by atoms with Crippen LogP contribution in [0.2, 0.25) is 0 Å². The molecule has 1 amide bonds. The number of hydrogen-bond acceptors (Lipinski definition) is 8. The summed E-state index contributed by atoms with van der Waals surface area (Å²) in [6.45, 7) is 0.860. The summed E-state index contributed by atoms with van der Waals surface area (Å²) in [7, 11) is 0.364. The predicted octanol–water partition coefficient (Wildman–Crippen LogP) is 3.24. The molecule has 12 heteroatoms. The summed E-state index contributed by atoms with van der Waals surface area (Å²) in [5.74, 6) is -0.414. The molecule has 166 valence electrons. The summed E-state index contributed by atoms with van der Waals surface area (Å²) < 4.78 is 24.3. The fraction of sp³-hybridized carbons (Fsp3) is 0.263. The third kappa shape index (κ3) is 5.76. The first-order chi connectivity index (χ1) is 14.1. The Hall–Kier alpha value is -2.60. The lowest BCUT2D eigenvalue weighted by atomic mass is 10.2. The van der Waals surface area contributed by atoms with Crippen molar-refractivity contribution >= 4 is 60.5 Å². The second kappa shape index (κ2) is 9.69. The van der Waals surface area contributed by atoms with E-state index in [-0.39, 0.29) is 28.6 Å². The van der Waals surface area contributed by atoms with E-state index in [1.807, 2.05) is 19.0 Å². The zero-order chi connectivity index (χ0) is 22.1. The molecule has 0 aliphatic carbocycles. The van der Waals surface area contributed by atoms with Crippen molar-refractivity contribution < 1.29 is 18.1 Å². The van der Waals surface area contributed by atoms with Gasteiger partial charge >= 0.3 is 0 Å². The standard InChI is InChI=1S/C19H20N4O5S2.ClH/c1-21(2)9-10-22(18(24)13-5-4-6-14(11-13)23(25)26)19-20-16-8-7-15(30(3,27)28)12-17(16)29-19;/h4-8,11-12H,9-10H2,1-3H3;1H. The normalized spacial score (nSPS) is 11.4. The topological polar surface area (TPSA) is 114 Å². The summed E-state index contributed by atoms with van der Waals surface area (Å²) in [6, 6.07) is 10.2. The third-order valence-corrected chi connectivity index (χ3v) is 6.48. The Kier molecular flexibility index (Phi) is 7.71. The first kappa shape index (κ1) is 24.7. The van der Waals surface area contributed by atoms with E-state index in [1.54, 1.807) is 6.07 Å². The van der Waals surface area contributed by atoms with E-state index < -0.39 is 20.7 Å². The van der Waals surface area contributed by atoms with Crippen LogP contribution >= 0.6 is 23.7 Å². The zero-order valence-electron chi connectivity index (χ0n) is 17.0. The largest absolute Gasteiger partial charge is 0.308 e. The van der Waals surface area contributed by atoms with Gasteiger partial charge in [-0.3, -0.25) is 19.8 Å². The first-order valence-electron chi connectivity index (χ1n) is 8.88. The number of nitro benzene ring substituents is 1. The van der Waals surface area contributed by atoms with Crippen molar-refractivity contribution in [2.75, 3.05) is 38.3 Å². The Bertz CT molecular complexity index is 1230. The van der Waals surface area contributed by atoms with Crippen molar-refractivity contribution in [3.05, 3.63) is 58.1 Å². The van der Waals surface area contributed by atoms with Gasteiger partial charge in [-0.2, -0.15) is 0 Å². The lowest BCUT2D eigenvalue weighted by molar-refractivity contribution is -0.384. The second-order valence-electron chi connectivity index (χ2n) is 6.97. The van der Waals surface area contributed by atoms with Gasteiger partial charge in [0.25, 0.3) is 11.6 Å². The Balaban J connectivity index is 0.00000341. The number of rotatable bonds is 7. The molecule has 0 radical (unpaired) electrons. The van der Waals surface area contributed by atoms with Gasteiger partial charge in [0.1, 0.15) is 0 Å². The highest BCUT2D eigenvalue weighted by Gasteiger charge is 2.23. The van der Waals surface area contributed by atoms with Crippen LogP contribution in [-0.4, -0.2) is 62.6 Å². The maximum absolute atomic E-state index is 13.2. The van der Waals surface area contributed by atoms with E-state index >= 15 is 0 Å². The SMILES string of the molecule is CN(C)CCN(C(=O)c1cccc([N+](=O)[O-])c1)c1nc2ccc(S(C)(=O)=O)cc2s1.Cl. The van der Waals surface area contributed by atoms with E-state index in [4.69, 9.17) is 0 Å². The number of carbonyl (C=O) groups is 1. The molecule has 1 aromatic heterocycles. The maximum atomic E-state index is 13.2. The maximum Gasteiger partial charge on any atom is 0.270 e. The average molecular weight is 485 g/mol. The minimum Gasteiger partial charge on any atom is -0.308 e. The molecule has 0 unspecified atom stereocenters. The van der Waals surface area contributed by atoms with E-state index in [0.29, 0.717) is 28.4 Å². The van der Waals surface area contributed by atoms with Gasteiger partial charge in [0, 0.05) is 37.0 Å². The second-order valence-corrected chi connectivity index (χ2v) is 9.99. The minimum atomic E-state index is -3.37. The number of amides is 1. The Morgan fingerprint density at radius 1 is 1.16 bits per heavy atom. The van der Waals surface area contributed by atoms with Crippen LogP contribution in [0.15, 0.2) is 47.4 Å². The highest BCUT2D eigenvalue weighted by Crippen LogP contribution is 2.31. The van der Waals surface area contributed by atoms with Gasteiger partial charge in [0.2, 0.25) is 0 Å². The highest BCUT2D eigenvalue weighted by atomic mass is 35.5. The smallest absolute Gasteiger partial charge is 0.270 e. The van der Waals surface area contributed by atoms with Crippen LogP contribution in [-0.2, 0) is 9.84 Å². The number of likely N-dealkylation sites (N-methyl/N-ethyl adjacent to an activating group) is 1. The van der Waals surface area contributed by atoms with Gasteiger partial charge in [-0.15, -0.1) is 12.4 Å². The number of benzene rings is 2.